The van der Waals surface area contributed by atoms with Crippen LogP contribution in [0.4, 0.5) is 5.69 Å². The Hall–Kier alpha value is -4.05. The third-order valence-electron chi connectivity index (χ3n) is 6.74. The first-order chi connectivity index (χ1) is 19.6. The van der Waals surface area contributed by atoms with Crippen molar-refractivity contribution in [1.82, 2.24) is 10.2 Å². The lowest BCUT2D eigenvalue weighted by Gasteiger charge is -2.32. The molecule has 0 aliphatic carbocycles. The highest BCUT2D eigenvalue weighted by Gasteiger charge is 2.32. The number of hydrogen-bond donors (Lipinski definition) is 1. The van der Waals surface area contributed by atoms with Gasteiger partial charge in [-0.3, -0.25) is 13.9 Å². The molecule has 0 aromatic heterocycles. The number of carbonyl (C=O) groups is 2. The number of sulfonamides is 1. The summed E-state index contributed by atoms with van der Waals surface area (Å²) in [5, 5.41) is 2.85. The first-order valence-corrected chi connectivity index (χ1v) is 15.0. The fourth-order valence-corrected chi connectivity index (χ4v) is 5.74. The molecule has 0 heterocycles. The molecule has 1 atom stereocenters. The summed E-state index contributed by atoms with van der Waals surface area (Å²) in [6.07, 6.45) is 1.26. The molecule has 10 heteroatoms. The van der Waals surface area contributed by atoms with Crippen LogP contribution in [0.1, 0.15) is 31.4 Å². The van der Waals surface area contributed by atoms with Crippen molar-refractivity contribution in [3.63, 3.8) is 0 Å². The van der Waals surface area contributed by atoms with Gasteiger partial charge in [0, 0.05) is 19.2 Å². The van der Waals surface area contributed by atoms with Crippen LogP contribution in [-0.4, -0.2) is 65.0 Å². The zero-order valence-corrected chi connectivity index (χ0v) is 25.1. The van der Waals surface area contributed by atoms with Crippen LogP contribution in [-0.2, 0) is 26.0 Å². The van der Waals surface area contributed by atoms with Gasteiger partial charge in [-0.05, 0) is 56.5 Å². The van der Waals surface area contributed by atoms with Gasteiger partial charge in [-0.2, -0.15) is 0 Å². The number of anilines is 1. The average molecular weight is 582 g/mol. The summed E-state index contributed by atoms with van der Waals surface area (Å²) >= 11 is 0. The summed E-state index contributed by atoms with van der Waals surface area (Å²) in [5.74, 6) is -0.166. The van der Waals surface area contributed by atoms with Crippen LogP contribution < -0.4 is 19.1 Å². The van der Waals surface area contributed by atoms with Crippen LogP contribution in [0, 0.1) is 6.92 Å². The van der Waals surface area contributed by atoms with Crippen molar-refractivity contribution in [2.24, 2.45) is 0 Å². The molecule has 0 aliphatic rings. The van der Waals surface area contributed by atoms with E-state index in [1.165, 1.54) is 37.3 Å². The van der Waals surface area contributed by atoms with Gasteiger partial charge in [-0.15, -0.1) is 0 Å². The van der Waals surface area contributed by atoms with E-state index in [1.54, 1.807) is 31.2 Å². The fourth-order valence-electron chi connectivity index (χ4n) is 4.31. The van der Waals surface area contributed by atoms with E-state index in [1.807, 2.05) is 44.2 Å². The SMILES string of the molecule is CCCNC(=O)C(C)N(CCc1ccccc1)C(=O)CN(c1ccc(C)cc1)S(=O)(=O)c1ccc(OC)c(OC)c1. The topological polar surface area (TPSA) is 105 Å². The predicted octanol–water partition coefficient (Wildman–Crippen LogP) is 4.19. The molecule has 0 saturated heterocycles. The predicted molar refractivity (Wildman–Crippen MR) is 160 cm³/mol. The molecule has 220 valence electrons. The monoisotopic (exact) mass is 581 g/mol. The summed E-state index contributed by atoms with van der Waals surface area (Å²) in [4.78, 5) is 28.3. The zero-order chi connectivity index (χ0) is 30.0. The summed E-state index contributed by atoms with van der Waals surface area (Å²) in [6, 6.07) is 20.0. The van der Waals surface area contributed by atoms with Crippen molar-refractivity contribution in [2.45, 2.75) is 44.6 Å². The van der Waals surface area contributed by atoms with Crippen molar-refractivity contribution in [3.05, 3.63) is 83.9 Å². The smallest absolute Gasteiger partial charge is 0.264 e. The number of nitrogens with zero attached hydrogens (tertiary/aromatic N) is 2. The highest BCUT2D eigenvalue weighted by molar-refractivity contribution is 7.92. The van der Waals surface area contributed by atoms with Gasteiger partial charge < -0.3 is 19.7 Å². The standard InChI is InChI=1S/C31H39N3O6S/c1-6-19-32-31(36)24(3)33(20-18-25-10-8-7-9-11-25)30(35)22-34(26-14-12-23(2)13-15-26)41(37,38)27-16-17-28(39-4)29(21-27)40-5/h7-17,21,24H,6,18-20,22H2,1-5H3,(H,32,36). The molecule has 1 unspecified atom stereocenters. The minimum absolute atomic E-state index is 0.0619. The van der Waals surface area contributed by atoms with Crippen molar-refractivity contribution < 1.29 is 27.5 Å². The van der Waals surface area contributed by atoms with E-state index >= 15 is 0 Å². The van der Waals surface area contributed by atoms with Gasteiger partial charge in [-0.25, -0.2) is 8.42 Å². The largest absolute Gasteiger partial charge is 0.493 e. The van der Waals surface area contributed by atoms with Crippen molar-refractivity contribution in [2.75, 3.05) is 38.2 Å². The van der Waals surface area contributed by atoms with Crippen LogP contribution >= 0.6 is 0 Å². The van der Waals surface area contributed by atoms with Gasteiger partial charge in [0.1, 0.15) is 12.6 Å². The summed E-state index contributed by atoms with van der Waals surface area (Å²) in [7, 11) is -1.35. The molecule has 1 N–H and O–H groups in total. The Morgan fingerprint density at radius 1 is 0.927 bits per heavy atom. The molecule has 9 nitrogen and oxygen atoms in total. The van der Waals surface area contributed by atoms with E-state index in [0.717, 1.165) is 21.9 Å². The summed E-state index contributed by atoms with van der Waals surface area (Å²) < 4.78 is 39.8. The third-order valence-corrected chi connectivity index (χ3v) is 8.51. The molecule has 41 heavy (non-hydrogen) atoms. The van der Waals surface area contributed by atoms with E-state index in [-0.39, 0.29) is 23.1 Å². The maximum absolute atomic E-state index is 14.0. The lowest BCUT2D eigenvalue weighted by molar-refractivity contribution is -0.138. The van der Waals surface area contributed by atoms with Gasteiger partial charge in [0.2, 0.25) is 11.8 Å². The van der Waals surface area contributed by atoms with Gasteiger partial charge in [0.25, 0.3) is 10.0 Å². The van der Waals surface area contributed by atoms with Gasteiger partial charge in [-0.1, -0.05) is 55.0 Å². The summed E-state index contributed by atoms with van der Waals surface area (Å²) in [5.41, 5.74) is 2.26. The Bertz CT molecular complexity index is 1410. The number of methoxy groups -OCH3 is 2. The molecule has 0 bridgehead atoms. The number of hydrogen-bond acceptors (Lipinski definition) is 6. The zero-order valence-electron chi connectivity index (χ0n) is 24.3. The first-order valence-electron chi connectivity index (χ1n) is 13.5. The molecule has 2 amide bonds. The van der Waals surface area contributed by atoms with E-state index in [2.05, 4.69) is 5.32 Å². The number of nitrogens with one attached hydrogen (secondary N) is 1. The van der Waals surface area contributed by atoms with Crippen molar-refractivity contribution >= 4 is 27.5 Å². The van der Waals surface area contributed by atoms with Crippen LogP contribution in [0.15, 0.2) is 77.7 Å². The normalized spacial score (nSPS) is 11.8. The highest BCUT2D eigenvalue weighted by atomic mass is 32.2. The molecule has 0 saturated carbocycles. The van der Waals surface area contributed by atoms with Crippen LogP contribution in [0.5, 0.6) is 11.5 Å². The Morgan fingerprint density at radius 3 is 2.20 bits per heavy atom. The molecule has 3 rings (SSSR count). The number of ether oxygens (including phenoxy) is 2. The van der Waals surface area contributed by atoms with Crippen LogP contribution in [0.3, 0.4) is 0 Å². The second-order valence-corrected chi connectivity index (χ2v) is 11.5. The van der Waals surface area contributed by atoms with E-state index in [9.17, 15) is 18.0 Å². The van der Waals surface area contributed by atoms with Crippen molar-refractivity contribution in [3.8, 4) is 11.5 Å². The molecule has 3 aromatic rings. The van der Waals surface area contributed by atoms with Gasteiger partial charge in [0.05, 0.1) is 24.8 Å². The molecule has 3 aromatic carbocycles. The maximum atomic E-state index is 14.0. The van der Waals surface area contributed by atoms with E-state index < -0.39 is 28.5 Å². The average Bonchev–Trinajstić information content (AvgIpc) is 2.99. The highest BCUT2D eigenvalue weighted by Crippen LogP contribution is 2.32. The molecular formula is C31H39N3O6S. The third kappa shape index (κ3) is 8.00. The molecule has 0 fully saturated rings. The molecular weight excluding hydrogens is 542 g/mol. The number of benzene rings is 3. The second kappa shape index (κ2) is 14.5. The maximum Gasteiger partial charge on any atom is 0.264 e. The fraction of sp³-hybridized carbons (Fsp3) is 0.355. The Balaban J connectivity index is 2.00. The van der Waals surface area contributed by atoms with Crippen LogP contribution in [0.25, 0.3) is 0 Å². The minimum Gasteiger partial charge on any atom is -0.493 e. The lowest BCUT2D eigenvalue weighted by atomic mass is 10.1. The molecule has 0 aliphatic heterocycles. The Morgan fingerprint density at radius 2 is 1.59 bits per heavy atom. The first kappa shape index (κ1) is 31.5. The molecule has 0 spiro atoms. The van der Waals surface area contributed by atoms with E-state index in [4.69, 9.17) is 9.47 Å². The van der Waals surface area contributed by atoms with Crippen molar-refractivity contribution in [1.29, 1.82) is 0 Å². The number of carbonyl (C=O) groups excluding carboxylic acids is 2. The number of rotatable bonds is 14. The quantitative estimate of drug-likeness (QED) is 0.306. The Labute approximate surface area is 243 Å². The van der Waals surface area contributed by atoms with Crippen LogP contribution in [0.2, 0.25) is 0 Å². The lowest BCUT2D eigenvalue weighted by Crippen LogP contribution is -2.52. The summed E-state index contributed by atoms with van der Waals surface area (Å²) in [6.45, 7) is 5.72. The minimum atomic E-state index is -4.23. The Kier molecular flexibility index (Phi) is 11.2. The van der Waals surface area contributed by atoms with E-state index in [0.29, 0.717) is 24.4 Å². The second-order valence-electron chi connectivity index (χ2n) is 9.65. The van der Waals surface area contributed by atoms with Gasteiger partial charge in [0.15, 0.2) is 11.5 Å². The number of amides is 2. The van der Waals surface area contributed by atoms with Gasteiger partial charge >= 0.3 is 0 Å². The number of aryl methyl sites for hydroxylation is 1. The molecule has 0 radical (unpaired) electrons.